The highest BCUT2D eigenvalue weighted by atomic mass is 79.9. The largest absolute Gasteiger partial charge is 0.369 e. The summed E-state index contributed by atoms with van der Waals surface area (Å²) >= 11 is 3.51. The first-order valence-electron chi connectivity index (χ1n) is 10.3. The predicted molar refractivity (Wildman–Crippen MR) is 122 cm³/mol. The van der Waals surface area contributed by atoms with E-state index in [0.717, 1.165) is 48.3 Å². The Labute approximate surface area is 181 Å². The van der Waals surface area contributed by atoms with Gasteiger partial charge >= 0.3 is 0 Å². The fraction of sp³-hybridized carbons (Fsp3) is 0.500. The Morgan fingerprint density at radius 1 is 1.34 bits per heavy atom. The minimum atomic E-state index is 0.256. The summed E-state index contributed by atoms with van der Waals surface area (Å²) in [6, 6.07) is 8.30. The zero-order chi connectivity index (χ0) is 20.8. The highest BCUT2D eigenvalue weighted by molar-refractivity contribution is 9.10. The summed E-state index contributed by atoms with van der Waals surface area (Å²) in [5.41, 5.74) is 2.24. The molecular weight excluding hydrogens is 430 g/mol. The van der Waals surface area contributed by atoms with Crippen molar-refractivity contribution in [2.24, 2.45) is 5.92 Å². The molecule has 0 unspecified atom stereocenters. The first kappa shape index (κ1) is 21.6. The number of amides is 1. The highest BCUT2D eigenvalue weighted by Crippen LogP contribution is 2.28. The molecule has 0 spiro atoms. The average Bonchev–Trinajstić information content (AvgIpc) is 2.66. The van der Waals surface area contributed by atoms with Crippen LogP contribution in [0.15, 0.2) is 34.9 Å². The summed E-state index contributed by atoms with van der Waals surface area (Å²) < 4.78 is 0.817. The molecule has 0 saturated heterocycles. The Morgan fingerprint density at radius 2 is 2.14 bits per heavy atom. The maximum Gasteiger partial charge on any atom is 0.229 e. The van der Waals surface area contributed by atoms with Crippen molar-refractivity contribution in [3.8, 4) is 0 Å². The number of hydrogen-bond acceptors (Lipinski definition) is 5. The number of halogens is 1. The van der Waals surface area contributed by atoms with Crippen LogP contribution in [0.25, 0.3) is 0 Å². The maximum absolute atomic E-state index is 12.2. The van der Waals surface area contributed by atoms with E-state index in [0.29, 0.717) is 11.9 Å². The van der Waals surface area contributed by atoms with Crippen LogP contribution in [0.5, 0.6) is 0 Å². The van der Waals surface area contributed by atoms with Gasteiger partial charge in [0.25, 0.3) is 0 Å². The second-order valence-electron chi connectivity index (χ2n) is 7.96. The number of aromatic nitrogens is 2. The summed E-state index contributed by atoms with van der Waals surface area (Å²) in [5, 5.41) is 6.62. The number of nitrogens with zero attached hydrogens (tertiary/aromatic N) is 3. The summed E-state index contributed by atoms with van der Waals surface area (Å²) in [5.74, 6) is 2.31. The maximum atomic E-state index is 12.2. The van der Waals surface area contributed by atoms with E-state index in [-0.39, 0.29) is 11.8 Å². The van der Waals surface area contributed by atoms with Crippen LogP contribution < -0.4 is 10.6 Å². The topological polar surface area (TPSA) is 70.2 Å². The zero-order valence-corrected chi connectivity index (χ0v) is 19.0. The second kappa shape index (κ2) is 10.1. The Balaban J connectivity index is 1.52. The Morgan fingerprint density at radius 3 is 2.83 bits per heavy atom. The SMILES string of the molecule is CC(C)c1cccc(Nc2ncc(Br)c(NCCCN(C)C(=O)C3CCC3)n2)c1. The molecule has 1 amide bonds. The highest BCUT2D eigenvalue weighted by Gasteiger charge is 2.27. The third kappa shape index (κ3) is 5.92. The van der Waals surface area contributed by atoms with Gasteiger partial charge in [0.1, 0.15) is 5.82 Å². The number of benzene rings is 1. The van der Waals surface area contributed by atoms with Crippen molar-refractivity contribution in [1.82, 2.24) is 14.9 Å². The molecular formula is C22H30BrN5O. The lowest BCUT2D eigenvalue weighted by molar-refractivity contribution is -0.136. The monoisotopic (exact) mass is 459 g/mol. The van der Waals surface area contributed by atoms with Gasteiger partial charge in [-0.1, -0.05) is 32.4 Å². The van der Waals surface area contributed by atoms with Crippen LogP contribution >= 0.6 is 15.9 Å². The van der Waals surface area contributed by atoms with E-state index in [1.165, 1.54) is 12.0 Å². The second-order valence-corrected chi connectivity index (χ2v) is 8.82. The minimum Gasteiger partial charge on any atom is -0.369 e. The molecule has 2 N–H and O–H groups in total. The van der Waals surface area contributed by atoms with Gasteiger partial charge in [-0.3, -0.25) is 4.79 Å². The molecule has 7 heteroatoms. The first-order chi connectivity index (χ1) is 13.9. The standard InChI is InChI=1S/C22H30BrN5O/c1-15(2)17-9-5-10-18(13-17)26-22-25-14-19(23)20(27-22)24-11-6-12-28(3)21(29)16-7-4-8-16/h5,9-10,13-16H,4,6-8,11-12H2,1-3H3,(H2,24,25,26,27). The molecule has 3 rings (SSSR count). The fourth-order valence-electron chi connectivity index (χ4n) is 3.26. The molecule has 156 valence electrons. The average molecular weight is 460 g/mol. The molecule has 1 fully saturated rings. The normalized spacial score (nSPS) is 13.8. The van der Waals surface area contributed by atoms with Gasteiger partial charge < -0.3 is 15.5 Å². The Kier molecular flexibility index (Phi) is 7.47. The van der Waals surface area contributed by atoms with E-state index in [2.05, 4.69) is 62.5 Å². The number of rotatable bonds is 9. The van der Waals surface area contributed by atoms with E-state index in [4.69, 9.17) is 0 Å². The van der Waals surface area contributed by atoms with Crippen LogP contribution in [-0.2, 0) is 4.79 Å². The molecule has 29 heavy (non-hydrogen) atoms. The number of nitrogens with one attached hydrogen (secondary N) is 2. The minimum absolute atomic E-state index is 0.256. The zero-order valence-electron chi connectivity index (χ0n) is 17.4. The lowest BCUT2D eigenvalue weighted by atomic mass is 9.84. The lowest BCUT2D eigenvalue weighted by Crippen LogP contribution is -2.37. The molecule has 1 aliphatic rings. The Hall–Kier alpha value is -2.15. The van der Waals surface area contributed by atoms with E-state index in [1.54, 1.807) is 6.20 Å². The summed E-state index contributed by atoms with van der Waals surface area (Å²) in [4.78, 5) is 23.0. The fourth-order valence-corrected chi connectivity index (χ4v) is 3.59. The van der Waals surface area contributed by atoms with Crippen molar-refractivity contribution >= 4 is 39.3 Å². The van der Waals surface area contributed by atoms with Gasteiger partial charge in [-0.2, -0.15) is 4.98 Å². The van der Waals surface area contributed by atoms with E-state index in [1.807, 2.05) is 24.1 Å². The van der Waals surface area contributed by atoms with Crippen molar-refractivity contribution in [3.05, 3.63) is 40.5 Å². The molecule has 6 nitrogen and oxygen atoms in total. The molecule has 0 aliphatic heterocycles. The number of anilines is 3. The van der Waals surface area contributed by atoms with Gasteiger partial charge in [0.05, 0.1) is 4.47 Å². The van der Waals surface area contributed by atoms with Gasteiger partial charge in [-0.15, -0.1) is 0 Å². The molecule has 0 bridgehead atoms. The van der Waals surface area contributed by atoms with Crippen molar-refractivity contribution in [2.75, 3.05) is 30.8 Å². The van der Waals surface area contributed by atoms with Crippen molar-refractivity contribution in [1.29, 1.82) is 0 Å². The van der Waals surface area contributed by atoms with Crippen molar-refractivity contribution in [2.45, 2.75) is 45.4 Å². The van der Waals surface area contributed by atoms with Crippen LogP contribution in [0.1, 0.15) is 51.0 Å². The van der Waals surface area contributed by atoms with Crippen LogP contribution in [0, 0.1) is 5.92 Å². The smallest absolute Gasteiger partial charge is 0.229 e. The van der Waals surface area contributed by atoms with Gasteiger partial charge in [0.2, 0.25) is 11.9 Å². The number of hydrogen-bond donors (Lipinski definition) is 2. The molecule has 0 atom stereocenters. The summed E-state index contributed by atoms with van der Waals surface area (Å²) in [6.07, 6.45) is 5.89. The molecule has 1 saturated carbocycles. The molecule has 2 aromatic rings. The van der Waals surface area contributed by atoms with Crippen LogP contribution in [0.3, 0.4) is 0 Å². The van der Waals surface area contributed by atoms with Crippen LogP contribution in [0.2, 0.25) is 0 Å². The molecule has 1 aromatic heterocycles. The summed E-state index contributed by atoms with van der Waals surface area (Å²) in [7, 11) is 1.90. The number of carbonyl (C=O) groups excluding carboxylic acids is 1. The van der Waals surface area contributed by atoms with Gasteiger partial charge in [-0.05, 0) is 58.8 Å². The summed E-state index contributed by atoms with van der Waals surface area (Å²) in [6.45, 7) is 5.83. The van der Waals surface area contributed by atoms with Crippen LogP contribution in [-0.4, -0.2) is 40.9 Å². The van der Waals surface area contributed by atoms with Gasteiger partial charge in [0, 0.05) is 37.9 Å². The lowest BCUT2D eigenvalue weighted by Gasteiger charge is -2.29. The quantitative estimate of drug-likeness (QED) is 0.506. The number of carbonyl (C=O) groups is 1. The van der Waals surface area contributed by atoms with Crippen molar-refractivity contribution < 1.29 is 4.79 Å². The van der Waals surface area contributed by atoms with Gasteiger partial charge in [0.15, 0.2) is 0 Å². The van der Waals surface area contributed by atoms with Crippen molar-refractivity contribution in [3.63, 3.8) is 0 Å². The Bertz CT molecular complexity index is 838. The third-order valence-electron chi connectivity index (χ3n) is 5.35. The predicted octanol–water partition coefficient (Wildman–Crippen LogP) is 5.17. The van der Waals surface area contributed by atoms with E-state index < -0.39 is 0 Å². The van der Waals surface area contributed by atoms with Crippen LogP contribution in [0.4, 0.5) is 17.5 Å². The van der Waals surface area contributed by atoms with Gasteiger partial charge in [-0.25, -0.2) is 4.98 Å². The van der Waals surface area contributed by atoms with E-state index in [9.17, 15) is 4.79 Å². The molecule has 1 aliphatic carbocycles. The van der Waals surface area contributed by atoms with E-state index >= 15 is 0 Å². The third-order valence-corrected chi connectivity index (χ3v) is 5.93. The first-order valence-corrected chi connectivity index (χ1v) is 11.1. The molecule has 0 radical (unpaired) electrons. The molecule has 1 aromatic carbocycles. The molecule has 1 heterocycles.